The van der Waals surface area contributed by atoms with Gasteiger partial charge < -0.3 is 11.1 Å². The molecule has 4 heteroatoms. The van der Waals surface area contributed by atoms with Crippen LogP contribution in [0.15, 0.2) is 24.3 Å². The molecule has 1 aromatic rings. The van der Waals surface area contributed by atoms with Gasteiger partial charge >= 0.3 is 0 Å². The molecule has 2 unspecified atom stereocenters. The molecular weight excluding hydrogens is 224 g/mol. The van der Waals surface area contributed by atoms with Crippen molar-refractivity contribution in [2.45, 2.75) is 26.3 Å². The van der Waals surface area contributed by atoms with Crippen molar-refractivity contribution in [3.05, 3.63) is 29.3 Å². The van der Waals surface area contributed by atoms with Gasteiger partial charge in [-0.2, -0.15) is 0 Å². The van der Waals surface area contributed by atoms with E-state index >= 15 is 0 Å². The molecule has 0 aliphatic carbocycles. The number of halogens is 1. The number of carbonyl (C=O) groups is 1. The number of carbonyl (C=O) groups excluding carboxylic acids is 1. The minimum atomic E-state index is -0.358. The summed E-state index contributed by atoms with van der Waals surface area (Å²) in [6, 6.07) is 6.90. The largest absolute Gasteiger partial charge is 0.373 e. The first-order chi connectivity index (χ1) is 7.54. The van der Waals surface area contributed by atoms with Gasteiger partial charge in [-0.05, 0) is 24.1 Å². The lowest BCUT2D eigenvalue weighted by atomic mass is 9.98. The highest BCUT2D eigenvalue weighted by Gasteiger charge is 2.21. The van der Waals surface area contributed by atoms with E-state index < -0.39 is 0 Å². The molecule has 2 atom stereocenters. The second-order valence-electron chi connectivity index (χ2n) is 3.92. The van der Waals surface area contributed by atoms with Crippen LogP contribution in [0.4, 0.5) is 5.69 Å². The van der Waals surface area contributed by atoms with Crippen molar-refractivity contribution in [2.75, 3.05) is 5.32 Å². The van der Waals surface area contributed by atoms with Gasteiger partial charge in [0.2, 0.25) is 5.91 Å². The predicted octanol–water partition coefficient (Wildman–Crippen LogP) is 2.65. The summed E-state index contributed by atoms with van der Waals surface area (Å²) in [6.07, 6.45) is 0.890. The van der Waals surface area contributed by atoms with Gasteiger partial charge in [-0.15, -0.1) is 0 Å². The van der Waals surface area contributed by atoms with E-state index in [1.54, 1.807) is 12.1 Å². The number of hydrogen-bond donors (Lipinski definition) is 2. The van der Waals surface area contributed by atoms with Gasteiger partial charge in [-0.3, -0.25) is 4.79 Å². The first-order valence-corrected chi connectivity index (χ1v) is 5.73. The van der Waals surface area contributed by atoms with E-state index in [-0.39, 0.29) is 17.9 Å². The molecule has 0 spiro atoms. The van der Waals surface area contributed by atoms with Crippen molar-refractivity contribution in [1.29, 1.82) is 0 Å². The number of hydrogen-bond acceptors (Lipinski definition) is 2. The summed E-state index contributed by atoms with van der Waals surface area (Å²) in [6.45, 7) is 4.02. The summed E-state index contributed by atoms with van der Waals surface area (Å²) in [4.78, 5) is 11.3. The Morgan fingerprint density at radius 2 is 2.25 bits per heavy atom. The van der Waals surface area contributed by atoms with Crippen molar-refractivity contribution in [3.63, 3.8) is 0 Å². The molecule has 0 aliphatic heterocycles. The quantitative estimate of drug-likeness (QED) is 0.832. The van der Waals surface area contributed by atoms with E-state index in [9.17, 15) is 4.79 Å². The Hall–Kier alpha value is -1.22. The molecule has 1 aromatic carbocycles. The van der Waals surface area contributed by atoms with Gasteiger partial charge in [-0.1, -0.05) is 37.9 Å². The second kappa shape index (κ2) is 5.75. The van der Waals surface area contributed by atoms with Gasteiger partial charge in [0.25, 0.3) is 0 Å². The Bertz CT molecular complexity index is 368. The molecule has 0 radical (unpaired) electrons. The highest BCUT2D eigenvalue weighted by molar-refractivity contribution is 6.30. The normalized spacial score (nSPS) is 14.2. The predicted molar refractivity (Wildman–Crippen MR) is 67.5 cm³/mol. The van der Waals surface area contributed by atoms with E-state index in [0.29, 0.717) is 5.02 Å². The topological polar surface area (TPSA) is 55.1 Å². The van der Waals surface area contributed by atoms with E-state index in [0.717, 1.165) is 12.1 Å². The number of nitrogens with one attached hydrogen (secondary N) is 1. The molecule has 0 fully saturated rings. The van der Waals surface area contributed by atoms with E-state index in [4.69, 9.17) is 17.3 Å². The monoisotopic (exact) mass is 240 g/mol. The van der Waals surface area contributed by atoms with Crippen LogP contribution in [0.5, 0.6) is 0 Å². The van der Waals surface area contributed by atoms with Crippen LogP contribution in [-0.2, 0) is 4.79 Å². The fraction of sp³-hybridized carbons (Fsp3) is 0.417. The van der Waals surface area contributed by atoms with Gasteiger partial charge in [0, 0.05) is 10.7 Å². The molecule has 88 valence electrons. The molecule has 0 saturated heterocycles. The number of benzene rings is 1. The summed E-state index contributed by atoms with van der Waals surface area (Å²) in [7, 11) is 0. The van der Waals surface area contributed by atoms with E-state index in [1.807, 2.05) is 26.0 Å². The fourth-order valence-corrected chi connectivity index (χ4v) is 1.68. The fourth-order valence-electron chi connectivity index (χ4n) is 1.49. The summed E-state index contributed by atoms with van der Waals surface area (Å²) < 4.78 is 0. The van der Waals surface area contributed by atoms with Gasteiger partial charge in [0.1, 0.15) is 6.04 Å². The lowest BCUT2D eigenvalue weighted by Gasteiger charge is -2.22. The number of anilines is 1. The Morgan fingerprint density at radius 1 is 1.56 bits per heavy atom. The maximum absolute atomic E-state index is 11.3. The molecule has 1 rings (SSSR count). The third kappa shape index (κ3) is 3.42. The van der Waals surface area contributed by atoms with Crippen molar-refractivity contribution < 1.29 is 4.79 Å². The SMILES string of the molecule is CCC(C)C(Nc1cccc(Cl)c1)C(N)=O. The molecule has 16 heavy (non-hydrogen) atoms. The Balaban J connectivity index is 2.79. The number of nitrogens with two attached hydrogens (primary N) is 1. The van der Waals surface area contributed by atoms with Crippen LogP contribution < -0.4 is 11.1 Å². The summed E-state index contributed by atoms with van der Waals surface area (Å²) in [5, 5.41) is 3.75. The summed E-state index contributed by atoms with van der Waals surface area (Å²) in [5.41, 5.74) is 6.18. The van der Waals surface area contributed by atoms with Crippen molar-refractivity contribution in [2.24, 2.45) is 11.7 Å². The third-order valence-electron chi connectivity index (χ3n) is 2.67. The Morgan fingerprint density at radius 3 is 2.75 bits per heavy atom. The third-order valence-corrected chi connectivity index (χ3v) is 2.90. The summed E-state index contributed by atoms with van der Waals surface area (Å²) in [5.74, 6) is -0.147. The number of amides is 1. The van der Waals surface area contributed by atoms with Crippen molar-refractivity contribution in [1.82, 2.24) is 0 Å². The molecule has 0 aliphatic rings. The van der Waals surface area contributed by atoms with Crippen LogP contribution in [0.2, 0.25) is 5.02 Å². The van der Waals surface area contributed by atoms with E-state index in [1.165, 1.54) is 0 Å². The lowest BCUT2D eigenvalue weighted by Crippen LogP contribution is -2.40. The minimum absolute atomic E-state index is 0.191. The Kier molecular flexibility index (Phi) is 4.62. The lowest BCUT2D eigenvalue weighted by molar-refractivity contribution is -0.119. The molecule has 3 nitrogen and oxygen atoms in total. The molecule has 0 saturated carbocycles. The zero-order valence-corrected chi connectivity index (χ0v) is 10.3. The minimum Gasteiger partial charge on any atom is -0.373 e. The summed E-state index contributed by atoms with van der Waals surface area (Å²) >= 11 is 5.87. The zero-order chi connectivity index (χ0) is 12.1. The van der Waals surface area contributed by atoms with Crippen LogP contribution in [0.25, 0.3) is 0 Å². The van der Waals surface area contributed by atoms with Crippen molar-refractivity contribution >= 4 is 23.2 Å². The number of rotatable bonds is 5. The first-order valence-electron chi connectivity index (χ1n) is 5.36. The molecule has 0 heterocycles. The first kappa shape index (κ1) is 12.8. The highest BCUT2D eigenvalue weighted by atomic mass is 35.5. The van der Waals surface area contributed by atoms with Crippen LogP contribution in [0, 0.1) is 5.92 Å². The van der Waals surface area contributed by atoms with Gasteiger partial charge in [0.15, 0.2) is 0 Å². The average Bonchev–Trinajstić information content (AvgIpc) is 2.24. The van der Waals surface area contributed by atoms with Crippen LogP contribution in [0.3, 0.4) is 0 Å². The second-order valence-corrected chi connectivity index (χ2v) is 4.36. The average molecular weight is 241 g/mol. The standard InChI is InChI=1S/C12H17ClN2O/c1-3-8(2)11(12(14)16)15-10-6-4-5-9(13)7-10/h4-8,11,15H,3H2,1-2H3,(H2,14,16). The zero-order valence-electron chi connectivity index (χ0n) is 9.53. The van der Waals surface area contributed by atoms with Gasteiger partial charge in [0.05, 0.1) is 0 Å². The number of primary amides is 1. The maximum Gasteiger partial charge on any atom is 0.240 e. The van der Waals surface area contributed by atoms with Crippen LogP contribution >= 0.6 is 11.6 Å². The molecule has 0 aromatic heterocycles. The van der Waals surface area contributed by atoms with E-state index in [2.05, 4.69) is 5.32 Å². The molecule has 1 amide bonds. The van der Waals surface area contributed by atoms with Crippen LogP contribution in [-0.4, -0.2) is 11.9 Å². The van der Waals surface area contributed by atoms with Gasteiger partial charge in [-0.25, -0.2) is 0 Å². The smallest absolute Gasteiger partial charge is 0.240 e. The van der Waals surface area contributed by atoms with Crippen molar-refractivity contribution in [3.8, 4) is 0 Å². The van der Waals surface area contributed by atoms with Crippen LogP contribution in [0.1, 0.15) is 20.3 Å². The maximum atomic E-state index is 11.3. The molecule has 3 N–H and O–H groups in total. The molecular formula is C12H17ClN2O. The highest BCUT2D eigenvalue weighted by Crippen LogP contribution is 2.18. The Labute approximate surface area is 101 Å². The molecule has 0 bridgehead atoms.